The number of esters is 1. The molecule has 1 fully saturated rings. The van der Waals surface area contributed by atoms with E-state index < -0.39 is 43.4 Å². The first-order valence-electron chi connectivity index (χ1n) is 27.1. The van der Waals surface area contributed by atoms with Crippen LogP contribution >= 0.6 is 0 Å². The van der Waals surface area contributed by atoms with Gasteiger partial charge in [0.2, 0.25) is 0 Å². The van der Waals surface area contributed by atoms with E-state index in [0.717, 1.165) is 32.1 Å². The molecule has 0 amide bonds. The summed E-state index contributed by atoms with van der Waals surface area (Å²) in [4.78, 5) is 12.9. The maximum atomic E-state index is 12.9. The average Bonchev–Trinajstić information content (AvgIpc) is 3.27. The normalized spacial score (nSPS) is 19.6. The Balaban J connectivity index is 2.16. The molecule has 1 aliphatic rings. The highest BCUT2D eigenvalue weighted by Gasteiger charge is 2.44. The van der Waals surface area contributed by atoms with E-state index in [1.165, 1.54) is 218 Å². The first kappa shape index (κ1) is 59.2. The van der Waals surface area contributed by atoms with Crippen molar-refractivity contribution in [2.45, 2.75) is 307 Å². The SMILES string of the molecule is CCCCCCCCCCCCCCCCCCCCCCCC(=O)OC(COCCCCCCCCCCCCCCCCCCCC)COC1OC(CO)C(O)C(O)C1O. The number of ether oxygens (including phenoxy) is 4. The predicted octanol–water partition coefficient (Wildman–Crippen LogP) is 13.4. The lowest BCUT2D eigenvalue weighted by Crippen LogP contribution is -2.59. The standard InChI is InChI=1S/C53H104O9/c1-3-5-7-9-11-13-15-17-19-21-23-24-25-26-28-30-32-34-36-38-40-42-49(55)61-47(46-60-53-52(58)51(57)50(56)48(44-54)62-53)45-59-43-41-39-37-35-33-31-29-27-22-20-18-16-14-12-10-8-6-4-2/h47-48,50-54,56-58H,3-46H2,1-2H3. The second-order valence-electron chi connectivity index (χ2n) is 19.0. The fourth-order valence-corrected chi connectivity index (χ4v) is 8.79. The van der Waals surface area contributed by atoms with Crippen LogP contribution in [-0.4, -0.2) is 89.6 Å². The first-order valence-corrected chi connectivity index (χ1v) is 27.1. The summed E-state index contributed by atoms with van der Waals surface area (Å²) in [7, 11) is 0. The third-order valence-corrected chi connectivity index (χ3v) is 13.0. The van der Waals surface area contributed by atoms with Crippen LogP contribution in [0.15, 0.2) is 0 Å². The minimum atomic E-state index is -1.53. The lowest BCUT2D eigenvalue weighted by Gasteiger charge is -2.39. The second-order valence-corrected chi connectivity index (χ2v) is 19.0. The highest BCUT2D eigenvalue weighted by Crippen LogP contribution is 2.23. The van der Waals surface area contributed by atoms with Gasteiger partial charge in [-0.15, -0.1) is 0 Å². The molecular weight excluding hydrogens is 781 g/mol. The summed E-state index contributed by atoms with van der Waals surface area (Å²) < 4.78 is 22.9. The largest absolute Gasteiger partial charge is 0.457 e. The zero-order chi connectivity index (χ0) is 45.0. The zero-order valence-corrected chi connectivity index (χ0v) is 40.9. The summed E-state index contributed by atoms with van der Waals surface area (Å²) in [5, 5.41) is 40.3. The number of rotatable bonds is 48. The summed E-state index contributed by atoms with van der Waals surface area (Å²) >= 11 is 0. The molecule has 370 valence electrons. The summed E-state index contributed by atoms with van der Waals surface area (Å²) in [5.41, 5.74) is 0. The number of carbonyl (C=O) groups excluding carboxylic acids is 1. The molecule has 0 aliphatic carbocycles. The van der Waals surface area contributed by atoms with Gasteiger partial charge >= 0.3 is 5.97 Å². The van der Waals surface area contributed by atoms with E-state index in [-0.39, 0.29) is 19.2 Å². The van der Waals surface area contributed by atoms with Crippen molar-refractivity contribution in [2.24, 2.45) is 0 Å². The molecule has 1 rings (SSSR count). The minimum Gasteiger partial charge on any atom is -0.457 e. The Labute approximate surface area is 383 Å². The fourth-order valence-electron chi connectivity index (χ4n) is 8.79. The van der Waals surface area contributed by atoms with Gasteiger partial charge in [0.05, 0.1) is 19.8 Å². The lowest BCUT2D eigenvalue weighted by molar-refractivity contribution is -0.305. The van der Waals surface area contributed by atoms with Crippen molar-refractivity contribution >= 4 is 5.97 Å². The van der Waals surface area contributed by atoms with Gasteiger partial charge in [0.25, 0.3) is 0 Å². The molecule has 9 nitrogen and oxygen atoms in total. The monoisotopic (exact) mass is 885 g/mol. The van der Waals surface area contributed by atoms with Gasteiger partial charge in [-0.25, -0.2) is 0 Å². The van der Waals surface area contributed by atoms with E-state index >= 15 is 0 Å². The number of carbonyl (C=O) groups is 1. The van der Waals surface area contributed by atoms with E-state index in [9.17, 15) is 25.2 Å². The number of aliphatic hydroxyl groups excluding tert-OH is 4. The number of hydrogen-bond acceptors (Lipinski definition) is 9. The molecule has 1 aliphatic heterocycles. The van der Waals surface area contributed by atoms with Crippen molar-refractivity contribution in [1.29, 1.82) is 0 Å². The quantitative estimate of drug-likeness (QED) is 0.0348. The molecule has 0 saturated carbocycles. The number of hydrogen-bond donors (Lipinski definition) is 4. The smallest absolute Gasteiger partial charge is 0.306 e. The van der Waals surface area contributed by atoms with Gasteiger partial charge < -0.3 is 39.4 Å². The van der Waals surface area contributed by atoms with Gasteiger partial charge in [-0.1, -0.05) is 251 Å². The maximum Gasteiger partial charge on any atom is 0.306 e. The summed E-state index contributed by atoms with van der Waals surface area (Å²) in [6.45, 7) is 4.64. The molecule has 0 aromatic rings. The van der Waals surface area contributed by atoms with Gasteiger partial charge in [0.15, 0.2) is 6.29 Å². The molecular formula is C53H104O9. The lowest BCUT2D eigenvalue weighted by atomic mass is 9.99. The molecule has 6 unspecified atom stereocenters. The van der Waals surface area contributed by atoms with Crippen LogP contribution in [0.25, 0.3) is 0 Å². The molecule has 1 heterocycles. The predicted molar refractivity (Wildman–Crippen MR) is 256 cm³/mol. The minimum absolute atomic E-state index is 0.104. The second kappa shape index (κ2) is 45.4. The van der Waals surface area contributed by atoms with E-state index in [4.69, 9.17) is 18.9 Å². The van der Waals surface area contributed by atoms with Crippen molar-refractivity contribution in [3.63, 3.8) is 0 Å². The van der Waals surface area contributed by atoms with E-state index in [1.54, 1.807) is 0 Å². The molecule has 0 bridgehead atoms. The Hall–Kier alpha value is -0.810. The summed E-state index contributed by atoms with van der Waals surface area (Å²) in [6, 6.07) is 0. The maximum absolute atomic E-state index is 12.9. The highest BCUT2D eigenvalue weighted by molar-refractivity contribution is 5.69. The number of unbranched alkanes of at least 4 members (excludes halogenated alkanes) is 37. The Morgan fingerprint density at radius 3 is 1.15 bits per heavy atom. The van der Waals surface area contributed by atoms with Crippen LogP contribution in [0.2, 0.25) is 0 Å². The Kier molecular flexibility index (Phi) is 43.3. The van der Waals surface area contributed by atoms with Crippen molar-refractivity contribution in [3.8, 4) is 0 Å². The molecule has 4 N–H and O–H groups in total. The van der Waals surface area contributed by atoms with Crippen LogP contribution in [-0.2, 0) is 23.7 Å². The van der Waals surface area contributed by atoms with Crippen molar-refractivity contribution in [2.75, 3.05) is 26.4 Å². The van der Waals surface area contributed by atoms with Crippen molar-refractivity contribution < 1.29 is 44.2 Å². The molecule has 9 heteroatoms. The van der Waals surface area contributed by atoms with E-state index in [1.807, 2.05) is 0 Å². The topological polar surface area (TPSA) is 135 Å². The molecule has 6 atom stereocenters. The number of aliphatic hydroxyl groups is 4. The van der Waals surface area contributed by atoms with Gasteiger partial charge in [-0.05, 0) is 12.8 Å². The first-order chi connectivity index (χ1) is 30.4. The molecule has 62 heavy (non-hydrogen) atoms. The van der Waals surface area contributed by atoms with Crippen molar-refractivity contribution in [1.82, 2.24) is 0 Å². The van der Waals surface area contributed by atoms with Crippen LogP contribution in [0.5, 0.6) is 0 Å². The van der Waals surface area contributed by atoms with Crippen LogP contribution in [0.1, 0.15) is 271 Å². The molecule has 0 aromatic carbocycles. The molecule has 0 spiro atoms. The summed E-state index contributed by atoms with van der Waals surface area (Å²) in [6.07, 6.45) is 44.3. The van der Waals surface area contributed by atoms with Crippen LogP contribution in [0, 0.1) is 0 Å². The van der Waals surface area contributed by atoms with E-state index in [2.05, 4.69) is 13.8 Å². The summed E-state index contributed by atoms with van der Waals surface area (Å²) in [5.74, 6) is -0.304. The van der Waals surface area contributed by atoms with E-state index in [0.29, 0.717) is 13.0 Å². The van der Waals surface area contributed by atoms with Crippen LogP contribution in [0.4, 0.5) is 0 Å². The Morgan fingerprint density at radius 2 is 0.790 bits per heavy atom. The fraction of sp³-hybridized carbons (Fsp3) is 0.981. The van der Waals surface area contributed by atoms with Gasteiger partial charge in [0, 0.05) is 13.0 Å². The molecule has 0 aromatic heterocycles. The average molecular weight is 885 g/mol. The Bertz CT molecular complexity index is 920. The third kappa shape index (κ3) is 35.5. The molecule has 1 saturated heterocycles. The van der Waals surface area contributed by atoms with Gasteiger partial charge in [-0.2, -0.15) is 0 Å². The highest BCUT2D eigenvalue weighted by atomic mass is 16.7. The third-order valence-electron chi connectivity index (χ3n) is 13.0. The van der Waals surface area contributed by atoms with Crippen LogP contribution < -0.4 is 0 Å². The zero-order valence-electron chi connectivity index (χ0n) is 40.9. The van der Waals surface area contributed by atoms with Crippen LogP contribution in [0.3, 0.4) is 0 Å². The molecule has 0 radical (unpaired) electrons. The van der Waals surface area contributed by atoms with Crippen molar-refractivity contribution in [3.05, 3.63) is 0 Å². The van der Waals surface area contributed by atoms with Gasteiger partial charge in [-0.3, -0.25) is 4.79 Å². The van der Waals surface area contributed by atoms with Gasteiger partial charge in [0.1, 0.15) is 30.5 Å². The Morgan fingerprint density at radius 1 is 0.452 bits per heavy atom.